The van der Waals surface area contributed by atoms with Crippen molar-refractivity contribution in [2.45, 2.75) is 104 Å². The van der Waals surface area contributed by atoms with Crippen LogP contribution in [0.3, 0.4) is 0 Å². The Labute approximate surface area is 299 Å². The van der Waals surface area contributed by atoms with E-state index >= 15 is 0 Å². The van der Waals surface area contributed by atoms with Crippen LogP contribution in [0.4, 0.5) is 0 Å². The minimum Gasteiger partial charge on any atom is -0.544 e. The molecule has 0 saturated carbocycles. The van der Waals surface area contributed by atoms with Gasteiger partial charge in [0.15, 0.2) is 23.0 Å². The van der Waals surface area contributed by atoms with Gasteiger partial charge in [-0.05, 0) is 77.2 Å². The van der Waals surface area contributed by atoms with Crippen molar-refractivity contribution in [2.75, 3.05) is 0 Å². The minimum absolute atomic E-state index is 0.000598. The summed E-state index contributed by atoms with van der Waals surface area (Å²) in [5.41, 5.74) is 2.92. The topological polar surface area (TPSA) is 83.5 Å². The van der Waals surface area contributed by atoms with Gasteiger partial charge in [-0.1, -0.05) is 96.1 Å². The molecule has 0 saturated heterocycles. The largest absolute Gasteiger partial charge is 0.544 e. The van der Waals surface area contributed by atoms with Gasteiger partial charge in [0.2, 0.25) is 22.4 Å². The number of hydrogen-bond donors (Lipinski definition) is 1. The number of fused-ring (bicyclic) bond motifs is 1. The molecule has 0 amide bonds. The van der Waals surface area contributed by atoms with Crippen LogP contribution >= 0.6 is 0 Å². The summed E-state index contributed by atoms with van der Waals surface area (Å²) in [7, 11) is -4.17. The van der Waals surface area contributed by atoms with Crippen LogP contribution in [0.15, 0.2) is 78.9 Å². The molecule has 1 aliphatic rings. The van der Waals surface area contributed by atoms with E-state index in [9.17, 15) is 9.90 Å². The molecule has 0 atom stereocenters. The summed E-state index contributed by atoms with van der Waals surface area (Å²) < 4.78 is 32.0. The Balaban J connectivity index is 1.64. The first kappa shape index (κ1) is 37.0. The highest BCUT2D eigenvalue weighted by Crippen LogP contribution is 2.60. The molecule has 266 valence electrons. The van der Waals surface area contributed by atoms with E-state index in [0.29, 0.717) is 33.8 Å². The van der Waals surface area contributed by atoms with Gasteiger partial charge in [-0.3, -0.25) is 4.79 Å². The summed E-state index contributed by atoms with van der Waals surface area (Å²) >= 11 is 0. The third-order valence-electron chi connectivity index (χ3n) is 10.1. The fraction of sp³-hybridized carbons (Fsp3) is 0.390. The lowest BCUT2D eigenvalue weighted by Gasteiger charge is -2.36. The Morgan fingerprint density at radius 2 is 1.10 bits per heavy atom. The van der Waals surface area contributed by atoms with Crippen LogP contribution in [0, 0.1) is 0 Å². The monoisotopic (exact) mass is 712 g/mol. The summed E-state index contributed by atoms with van der Waals surface area (Å²) in [6, 6.07) is 24.5. The van der Waals surface area contributed by atoms with Gasteiger partial charge in [0.1, 0.15) is 11.5 Å². The lowest BCUT2D eigenvalue weighted by atomic mass is 9.95. The molecule has 4 aromatic rings. The Morgan fingerprint density at radius 3 is 1.54 bits per heavy atom. The molecule has 0 radical (unpaired) electrons. The van der Waals surface area contributed by atoms with Crippen LogP contribution in [0.2, 0.25) is 36.3 Å². The van der Waals surface area contributed by atoms with Gasteiger partial charge in [-0.25, -0.2) is 0 Å². The number of hydrogen-bond acceptors (Lipinski definition) is 7. The summed E-state index contributed by atoms with van der Waals surface area (Å²) in [6.07, 6.45) is 0.0216. The molecule has 1 heterocycles. The maximum absolute atomic E-state index is 13.5. The first-order valence-electron chi connectivity index (χ1n) is 17.2. The van der Waals surface area contributed by atoms with Crippen molar-refractivity contribution >= 4 is 22.6 Å². The number of benzene rings is 4. The fourth-order valence-corrected chi connectivity index (χ4v) is 7.26. The summed E-state index contributed by atoms with van der Waals surface area (Å²) in [6.45, 7) is 25.6. The number of phenols is 1. The predicted octanol–water partition coefficient (Wildman–Crippen LogP) is 11.1. The van der Waals surface area contributed by atoms with E-state index in [1.165, 1.54) is 0 Å². The average molecular weight is 713 g/mol. The van der Waals surface area contributed by atoms with Crippen molar-refractivity contribution < 1.29 is 33.0 Å². The smallest absolute Gasteiger partial charge is 0.315 e. The molecule has 0 aromatic heterocycles. The Morgan fingerprint density at radius 1 is 0.680 bits per heavy atom. The van der Waals surface area contributed by atoms with Crippen LogP contribution in [0.25, 0.3) is 22.3 Å². The maximum Gasteiger partial charge on any atom is 0.315 e. The lowest BCUT2D eigenvalue weighted by Crippen LogP contribution is -2.43. The van der Waals surface area contributed by atoms with Crippen molar-refractivity contribution in [1.82, 2.24) is 0 Å². The second-order valence-electron chi connectivity index (χ2n) is 16.6. The molecule has 50 heavy (non-hydrogen) atoms. The van der Waals surface area contributed by atoms with Crippen LogP contribution in [0.5, 0.6) is 34.5 Å². The number of carbonyl (C=O) groups excluding carboxylic acids is 1. The standard InChI is InChI=1S/C41H52O7Si2/c1-39(2,3)49(9,10)47-30-22-18-28(19-23-30)33-35(43)36(44-32(42)26-27-16-14-13-15-17-27)34(38-37(33)45-41(7,8)46-38)29-20-24-31(25-21-29)48-50(11,12)40(4,5)6/h13-25,43H,26H2,1-12H3. The molecule has 4 aromatic carbocycles. The van der Waals surface area contributed by atoms with E-state index in [0.717, 1.165) is 17.1 Å². The van der Waals surface area contributed by atoms with Crippen molar-refractivity contribution in [2.24, 2.45) is 0 Å². The van der Waals surface area contributed by atoms with Crippen molar-refractivity contribution in [1.29, 1.82) is 0 Å². The molecule has 0 aliphatic carbocycles. The zero-order chi connectivity index (χ0) is 36.9. The summed E-state index contributed by atoms with van der Waals surface area (Å²) in [5, 5.41) is 12.2. The average Bonchev–Trinajstić information content (AvgIpc) is 3.32. The van der Waals surface area contributed by atoms with Gasteiger partial charge in [0.25, 0.3) is 0 Å². The van der Waals surface area contributed by atoms with Crippen LogP contribution in [0.1, 0.15) is 61.0 Å². The Kier molecular flexibility index (Phi) is 9.75. The summed E-state index contributed by atoms with van der Waals surface area (Å²) in [4.78, 5) is 13.5. The Hall–Kier alpha value is -4.22. The number of rotatable bonds is 9. The minimum atomic E-state index is -2.09. The van der Waals surface area contributed by atoms with E-state index in [4.69, 9.17) is 23.1 Å². The molecular weight excluding hydrogens is 661 g/mol. The van der Waals surface area contributed by atoms with E-state index in [-0.39, 0.29) is 28.0 Å². The molecular formula is C41H52O7Si2. The quantitative estimate of drug-likeness (QED) is 0.105. The highest BCUT2D eigenvalue weighted by Gasteiger charge is 2.42. The molecule has 5 rings (SSSR count). The Bertz CT molecular complexity index is 1850. The van der Waals surface area contributed by atoms with Crippen LogP contribution in [-0.4, -0.2) is 33.5 Å². The van der Waals surface area contributed by atoms with Gasteiger partial charge in [0, 0.05) is 13.8 Å². The van der Waals surface area contributed by atoms with Crippen molar-refractivity contribution in [3.63, 3.8) is 0 Å². The maximum atomic E-state index is 13.5. The number of aromatic hydroxyl groups is 1. The zero-order valence-corrected chi connectivity index (χ0v) is 33.6. The van der Waals surface area contributed by atoms with Crippen LogP contribution < -0.4 is 23.1 Å². The van der Waals surface area contributed by atoms with E-state index in [1.807, 2.05) is 92.7 Å². The lowest BCUT2D eigenvalue weighted by molar-refractivity contribution is -0.133. The van der Waals surface area contributed by atoms with Gasteiger partial charge in [-0.2, -0.15) is 0 Å². The first-order valence-corrected chi connectivity index (χ1v) is 23.0. The van der Waals surface area contributed by atoms with Crippen LogP contribution in [-0.2, 0) is 11.2 Å². The molecule has 0 spiro atoms. The highest BCUT2D eigenvalue weighted by atomic mass is 28.4. The van der Waals surface area contributed by atoms with Crippen molar-refractivity contribution in [3.8, 4) is 56.8 Å². The third-order valence-corrected chi connectivity index (χ3v) is 18.8. The van der Waals surface area contributed by atoms with Gasteiger partial charge in [-0.15, -0.1) is 0 Å². The fourth-order valence-electron chi connectivity index (χ4n) is 5.19. The molecule has 0 fully saturated rings. The van der Waals surface area contributed by atoms with Gasteiger partial charge in [0.05, 0.1) is 17.5 Å². The predicted molar refractivity (Wildman–Crippen MR) is 206 cm³/mol. The highest BCUT2D eigenvalue weighted by molar-refractivity contribution is 6.75. The molecule has 0 bridgehead atoms. The molecule has 9 heteroatoms. The molecule has 1 N–H and O–H groups in total. The van der Waals surface area contributed by atoms with E-state index < -0.39 is 28.4 Å². The first-order chi connectivity index (χ1) is 23.1. The SMILES string of the molecule is CC1(C)Oc2c(c(-c3ccc(O[Si](C)(C)C(C)(C)C)cc3)c(OC(=O)Cc3ccccc3)c(O)c2-c2ccc(O[Si](C)(C)C(C)(C)C)cc2)O1. The normalized spacial score (nSPS) is 14.3. The van der Waals surface area contributed by atoms with E-state index in [1.54, 1.807) is 0 Å². The second-order valence-corrected chi connectivity index (χ2v) is 26.0. The van der Waals surface area contributed by atoms with E-state index in [2.05, 4.69) is 67.7 Å². The molecule has 1 aliphatic heterocycles. The van der Waals surface area contributed by atoms with Gasteiger partial charge >= 0.3 is 5.97 Å². The van der Waals surface area contributed by atoms with Gasteiger partial charge < -0.3 is 28.2 Å². The number of carbonyl (C=O) groups is 1. The second kappa shape index (κ2) is 13.2. The van der Waals surface area contributed by atoms with Crippen molar-refractivity contribution in [3.05, 3.63) is 84.4 Å². The molecule has 7 nitrogen and oxygen atoms in total. The number of phenolic OH excluding ortho intramolecular Hbond substituents is 1. The summed E-state index contributed by atoms with van der Waals surface area (Å²) in [5.74, 6) is 0.449. The number of esters is 1. The molecule has 0 unspecified atom stereocenters. The third kappa shape index (κ3) is 7.74. The number of ether oxygens (including phenoxy) is 3. The zero-order valence-electron chi connectivity index (χ0n) is 31.6.